The second-order valence-corrected chi connectivity index (χ2v) is 9.23. The molecule has 2 aliphatic rings. The van der Waals surface area contributed by atoms with Crippen LogP contribution in [-0.2, 0) is 11.3 Å². The minimum Gasteiger partial charge on any atom is -0.384 e. The number of amides is 3. The minimum absolute atomic E-state index is 0.0562. The first kappa shape index (κ1) is 20.8. The quantitative estimate of drug-likeness (QED) is 0.661. The van der Waals surface area contributed by atoms with Crippen LogP contribution >= 0.6 is 11.3 Å². The van der Waals surface area contributed by atoms with Crippen molar-refractivity contribution in [1.82, 2.24) is 19.8 Å². The summed E-state index contributed by atoms with van der Waals surface area (Å²) in [5.41, 5.74) is 5.19. The Kier molecular flexibility index (Phi) is 5.30. The van der Waals surface area contributed by atoms with Crippen LogP contribution in [0.15, 0.2) is 35.2 Å². The zero-order valence-corrected chi connectivity index (χ0v) is 18.9. The minimum atomic E-state index is -1.01. The summed E-state index contributed by atoms with van der Waals surface area (Å²) in [5, 5.41) is 13.7. The molecule has 0 radical (unpaired) electrons. The molecule has 3 aromatic rings. The standard InChI is InChI=1S/C23H25N5O3S/c1-14(29)22(30)27-8-5-17(6-9-27)28-21-16(12-26(2)23(28)31)11-24-19-4-3-18(25-20(19)21)15-7-10-32-13-15/h3-4,7,10-11,13-14,17,29H,5-6,8-9,12H2,1-2H3/t14-/m1/s1. The van der Waals surface area contributed by atoms with Gasteiger partial charge in [0.15, 0.2) is 0 Å². The van der Waals surface area contributed by atoms with Crippen molar-refractivity contribution in [1.29, 1.82) is 0 Å². The summed E-state index contributed by atoms with van der Waals surface area (Å²) in [4.78, 5) is 40.3. The van der Waals surface area contributed by atoms with Gasteiger partial charge in [0, 0.05) is 48.9 Å². The lowest BCUT2D eigenvalue weighted by Crippen LogP contribution is -2.55. The summed E-state index contributed by atoms with van der Waals surface area (Å²) >= 11 is 1.62. The molecule has 0 spiro atoms. The molecule has 0 bridgehead atoms. The van der Waals surface area contributed by atoms with Crippen molar-refractivity contribution in [2.45, 2.75) is 38.5 Å². The zero-order valence-electron chi connectivity index (χ0n) is 18.1. The van der Waals surface area contributed by atoms with E-state index in [1.165, 1.54) is 6.92 Å². The van der Waals surface area contributed by atoms with E-state index in [-0.39, 0.29) is 18.0 Å². The molecule has 1 saturated heterocycles. The van der Waals surface area contributed by atoms with Crippen LogP contribution in [0.5, 0.6) is 0 Å². The number of likely N-dealkylation sites (tertiary alicyclic amines) is 1. The lowest BCUT2D eigenvalue weighted by Gasteiger charge is -2.43. The zero-order chi connectivity index (χ0) is 22.4. The Bertz CT molecular complexity index is 1170. The largest absolute Gasteiger partial charge is 0.384 e. The van der Waals surface area contributed by atoms with E-state index in [1.807, 2.05) is 34.7 Å². The number of aliphatic hydroxyl groups is 1. The number of carbonyl (C=O) groups is 2. The van der Waals surface area contributed by atoms with Gasteiger partial charge in [-0.25, -0.2) is 9.78 Å². The number of carbonyl (C=O) groups excluding carboxylic acids is 2. The molecule has 5 rings (SSSR count). The van der Waals surface area contributed by atoms with Crippen LogP contribution < -0.4 is 4.90 Å². The number of thiophene rings is 1. The van der Waals surface area contributed by atoms with Gasteiger partial charge in [-0.1, -0.05) is 0 Å². The molecule has 8 nitrogen and oxygen atoms in total. The first-order valence-corrected chi connectivity index (χ1v) is 11.7. The lowest BCUT2D eigenvalue weighted by molar-refractivity contribution is -0.140. The van der Waals surface area contributed by atoms with Crippen molar-refractivity contribution in [2.75, 3.05) is 25.0 Å². The Morgan fingerprint density at radius 3 is 2.72 bits per heavy atom. The molecule has 1 atom stereocenters. The van der Waals surface area contributed by atoms with Crippen molar-refractivity contribution in [3.63, 3.8) is 0 Å². The van der Waals surface area contributed by atoms with Crippen LogP contribution in [0.3, 0.4) is 0 Å². The second kappa shape index (κ2) is 8.14. The normalized spacial score (nSPS) is 18.2. The van der Waals surface area contributed by atoms with E-state index >= 15 is 0 Å². The fourth-order valence-corrected chi connectivity index (χ4v) is 5.25. The van der Waals surface area contributed by atoms with Gasteiger partial charge in [0.2, 0.25) is 0 Å². The van der Waals surface area contributed by atoms with Crippen LogP contribution in [0.2, 0.25) is 0 Å². The molecule has 2 aliphatic heterocycles. The SMILES string of the molecule is C[C@@H](O)C(=O)N1CCC(N2C(=O)N(C)Cc3cnc4ccc(-c5ccsc5)nc4c32)CC1. The summed E-state index contributed by atoms with van der Waals surface area (Å²) in [6.45, 7) is 2.99. The van der Waals surface area contributed by atoms with Crippen molar-refractivity contribution < 1.29 is 14.7 Å². The molecular formula is C23H25N5O3S. The average Bonchev–Trinajstić information content (AvgIpc) is 3.34. The molecule has 1 fully saturated rings. The highest BCUT2D eigenvalue weighted by Gasteiger charge is 2.38. The fraction of sp³-hybridized carbons (Fsp3) is 0.391. The number of piperidine rings is 1. The lowest BCUT2D eigenvalue weighted by atomic mass is 9.99. The maximum atomic E-state index is 13.4. The van der Waals surface area contributed by atoms with E-state index in [4.69, 9.17) is 4.98 Å². The fourth-order valence-electron chi connectivity index (χ4n) is 4.60. The summed E-state index contributed by atoms with van der Waals surface area (Å²) < 4.78 is 0. The summed E-state index contributed by atoms with van der Waals surface area (Å²) in [6, 6.07) is 5.84. The highest BCUT2D eigenvalue weighted by molar-refractivity contribution is 7.08. The van der Waals surface area contributed by atoms with Gasteiger partial charge in [-0.2, -0.15) is 11.3 Å². The Labute approximate surface area is 190 Å². The second-order valence-electron chi connectivity index (χ2n) is 8.45. The van der Waals surface area contributed by atoms with E-state index in [2.05, 4.69) is 10.4 Å². The molecule has 166 valence electrons. The number of hydrogen-bond acceptors (Lipinski definition) is 6. The van der Waals surface area contributed by atoms with E-state index < -0.39 is 6.10 Å². The van der Waals surface area contributed by atoms with Gasteiger partial charge in [-0.05, 0) is 43.3 Å². The molecule has 9 heteroatoms. The van der Waals surface area contributed by atoms with Gasteiger partial charge in [-0.3, -0.25) is 14.7 Å². The molecule has 0 saturated carbocycles. The first-order valence-electron chi connectivity index (χ1n) is 10.8. The molecule has 1 N–H and O–H groups in total. The number of hydrogen-bond donors (Lipinski definition) is 1. The summed E-state index contributed by atoms with van der Waals surface area (Å²) in [7, 11) is 1.80. The third kappa shape index (κ3) is 3.51. The first-order chi connectivity index (χ1) is 15.4. The third-order valence-electron chi connectivity index (χ3n) is 6.26. The van der Waals surface area contributed by atoms with Crippen LogP contribution in [0.1, 0.15) is 25.3 Å². The number of nitrogens with zero attached hydrogens (tertiary/aromatic N) is 5. The average molecular weight is 452 g/mol. The highest BCUT2D eigenvalue weighted by atomic mass is 32.1. The summed E-state index contributed by atoms with van der Waals surface area (Å²) in [6.07, 6.45) is 2.12. The Morgan fingerprint density at radius 2 is 2.03 bits per heavy atom. The van der Waals surface area contributed by atoms with E-state index in [9.17, 15) is 14.7 Å². The molecule has 0 unspecified atom stereocenters. The van der Waals surface area contributed by atoms with Gasteiger partial charge in [0.05, 0.1) is 23.4 Å². The molecule has 3 amide bonds. The Balaban J connectivity index is 1.55. The number of urea groups is 1. The molecule has 32 heavy (non-hydrogen) atoms. The molecule has 0 aromatic carbocycles. The van der Waals surface area contributed by atoms with Gasteiger partial charge >= 0.3 is 6.03 Å². The maximum Gasteiger partial charge on any atom is 0.324 e. The Morgan fingerprint density at radius 1 is 1.25 bits per heavy atom. The third-order valence-corrected chi connectivity index (χ3v) is 6.94. The van der Waals surface area contributed by atoms with Crippen LogP contribution in [0, 0.1) is 0 Å². The predicted molar refractivity (Wildman–Crippen MR) is 123 cm³/mol. The van der Waals surface area contributed by atoms with Crippen LogP contribution in [0.25, 0.3) is 22.3 Å². The summed E-state index contributed by atoms with van der Waals surface area (Å²) in [5.74, 6) is -0.261. The number of rotatable bonds is 3. The van der Waals surface area contributed by atoms with Gasteiger partial charge in [0.25, 0.3) is 5.91 Å². The smallest absolute Gasteiger partial charge is 0.324 e. The highest BCUT2D eigenvalue weighted by Crippen LogP contribution is 2.38. The van der Waals surface area contributed by atoms with Crippen molar-refractivity contribution >= 4 is 40.0 Å². The number of anilines is 1. The van der Waals surface area contributed by atoms with Gasteiger partial charge in [0.1, 0.15) is 11.6 Å². The van der Waals surface area contributed by atoms with Gasteiger partial charge in [-0.15, -0.1) is 0 Å². The van der Waals surface area contributed by atoms with Crippen molar-refractivity contribution in [3.8, 4) is 11.3 Å². The Hall–Kier alpha value is -3.04. The number of pyridine rings is 2. The van der Waals surface area contributed by atoms with E-state index in [0.717, 1.165) is 33.5 Å². The maximum absolute atomic E-state index is 13.4. The molecule has 0 aliphatic carbocycles. The number of aliphatic hydroxyl groups excluding tert-OH is 1. The predicted octanol–water partition coefficient (Wildman–Crippen LogP) is 3.10. The van der Waals surface area contributed by atoms with E-state index in [0.29, 0.717) is 32.5 Å². The van der Waals surface area contributed by atoms with Crippen molar-refractivity contribution in [3.05, 3.63) is 40.7 Å². The monoisotopic (exact) mass is 451 g/mol. The van der Waals surface area contributed by atoms with Crippen LogP contribution in [0.4, 0.5) is 10.5 Å². The topological polar surface area (TPSA) is 89.9 Å². The molecular weight excluding hydrogens is 426 g/mol. The van der Waals surface area contributed by atoms with Crippen molar-refractivity contribution in [2.24, 2.45) is 0 Å². The van der Waals surface area contributed by atoms with Gasteiger partial charge < -0.3 is 14.9 Å². The number of fused-ring (bicyclic) bond motifs is 3. The number of aromatic nitrogens is 2. The molecule has 5 heterocycles. The van der Waals surface area contributed by atoms with E-state index in [1.54, 1.807) is 28.2 Å². The van der Waals surface area contributed by atoms with Crippen LogP contribution in [-0.4, -0.2) is 69.1 Å². The molecule has 3 aromatic heterocycles.